The van der Waals surface area contributed by atoms with E-state index in [9.17, 15) is 9.59 Å². The second kappa shape index (κ2) is 6.95. The number of carbonyl (C=O) groups is 1. The Labute approximate surface area is 130 Å². The minimum Gasteiger partial charge on any atom is -0.467 e. The Kier molecular flexibility index (Phi) is 5.01. The van der Waals surface area contributed by atoms with Crippen molar-refractivity contribution >= 4 is 17.7 Å². The summed E-state index contributed by atoms with van der Waals surface area (Å²) in [4.78, 5) is 29.5. The fraction of sp³-hybridized carbons (Fsp3) is 0.286. The van der Waals surface area contributed by atoms with Crippen LogP contribution in [0.2, 0.25) is 0 Å². The van der Waals surface area contributed by atoms with Crippen molar-refractivity contribution in [1.29, 1.82) is 5.26 Å². The molecule has 0 saturated heterocycles. The number of hydrogen-bond acceptors (Lipinski definition) is 6. The number of amides is 1. The minimum atomic E-state index is -0.539. The van der Waals surface area contributed by atoms with E-state index in [-0.39, 0.29) is 28.3 Å². The molecular formula is C14H14N4O3S. The minimum absolute atomic E-state index is 0.0512. The fourth-order valence-electron chi connectivity index (χ4n) is 1.82. The summed E-state index contributed by atoms with van der Waals surface area (Å²) in [6.07, 6.45) is 1.54. The first-order valence-electron chi connectivity index (χ1n) is 6.48. The molecule has 0 aromatic carbocycles. The number of carbonyl (C=O) groups excluding carboxylic acids is 1. The van der Waals surface area contributed by atoms with Gasteiger partial charge in [-0.3, -0.25) is 4.79 Å². The quantitative estimate of drug-likeness (QED) is 0.638. The van der Waals surface area contributed by atoms with Crippen molar-refractivity contribution in [1.82, 2.24) is 15.3 Å². The molecule has 0 fully saturated rings. The standard InChI is InChI=1S/C14H14N4O3S/c1-8-10(6-15)13(18-14(20)17-8)22-7-12(19)16-9(2)11-4-3-5-21-11/h3-5,9H,7H2,1-2H3,(H,16,19)(H,17,18,20). The molecule has 7 nitrogen and oxygen atoms in total. The van der Waals surface area contributed by atoms with Gasteiger partial charge in [0.15, 0.2) is 0 Å². The highest BCUT2D eigenvalue weighted by atomic mass is 32.2. The summed E-state index contributed by atoms with van der Waals surface area (Å²) in [5.74, 6) is 0.467. The van der Waals surface area contributed by atoms with Gasteiger partial charge in [-0.1, -0.05) is 11.8 Å². The van der Waals surface area contributed by atoms with Gasteiger partial charge < -0.3 is 14.7 Å². The van der Waals surface area contributed by atoms with Gasteiger partial charge in [-0.15, -0.1) is 0 Å². The largest absolute Gasteiger partial charge is 0.467 e. The molecule has 0 aliphatic carbocycles. The molecule has 1 amide bonds. The summed E-state index contributed by atoms with van der Waals surface area (Å²) in [5.41, 5.74) is 0.175. The number of aromatic amines is 1. The van der Waals surface area contributed by atoms with Crippen LogP contribution in [0, 0.1) is 18.3 Å². The molecule has 22 heavy (non-hydrogen) atoms. The summed E-state index contributed by atoms with van der Waals surface area (Å²) in [7, 11) is 0. The first-order valence-corrected chi connectivity index (χ1v) is 7.46. The Hall–Kier alpha value is -2.53. The van der Waals surface area contributed by atoms with Gasteiger partial charge in [0.2, 0.25) is 5.91 Å². The van der Waals surface area contributed by atoms with E-state index in [1.807, 2.05) is 6.07 Å². The third-order valence-corrected chi connectivity index (χ3v) is 3.86. The average Bonchev–Trinajstić information content (AvgIpc) is 2.99. The number of nitrogens with zero attached hydrogens (tertiary/aromatic N) is 2. The van der Waals surface area contributed by atoms with Crippen LogP contribution in [0.1, 0.15) is 30.0 Å². The van der Waals surface area contributed by atoms with Crippen LogP contribution in [-0.4, -0.2) is 21.6 Å². The molecule has 2 heterocycles. The van der Waals surface area contributed by atoms with Gasteiger partial charge in [0.25, 0.3) is 0 Å². The van der Waals surface area contributed by atoms with Crippen molar-refractivity contribution in [3.05, 3.63) is 45.9 Å². The Morgan fingerprint density at radius 3 is 3.05 bits per heavy atom. The lowest BCUT2D eigenvalue weighted by Crippen LogP contribution is -2.28. The maximum Gasteiger partial charge on any atom is 0.346 e. The number of H-pyrrole nitrogens is 1. The number of aromatic nitrogens is 2. The van der Waals surface area contributed by atoms with Gasteiger partial charge in [-0.2, -0.15) is 10.2 Å². The monoisotopic (exact) mass is 318 g/mol. The molecule has 2 aromatic rings. The van der Waals surface area contributed by atoms with Crippen molar-refractivity contribution < 1.29 is 9.21 Å². The van der Waals surface area contributed by atoms with Crippen LogP contribution in [0.15, 0.2) is 32.6 Å². The number of furan rings is 1. The second-order valence-electron chi connectivity index (χ2n) is 4.55. The number of nitrogens with one attached hydrogen (secondary N) is 2. The lowest BCUT2D eigenvalue weighted by Gasteiger charge is -2.11. The highest BCUT2D eigenvalue weighted by molar-refractivity contribution is 8.00. The predicted octanol–water partition coefficient (Wildman–Crippen LogP) is 1.51. The number of hydrogen-bond donors (Lipinski definition) is 2. The molecular weight excluding hydrogens is 304 g/mol. The second-order valence-corrected chi connectivity index (χ2v) is 5.52. The molecule has 0 aliphatic heterocycles. The first-order chi connectivity index (χ1) is 10.5. The summed E-state index contributed by atoms with van der Waals surface area (Å²) < 4.78 is 5.20. The van der Waals surface area contributed by atoms with E-state index in [2.05, 4.69) is 15.3 Å². The molecule has 1 unspecified atom stereocenters. The fourth-order valence-corrected chi connectivity index (χ4v) is 2.66. The number of nitriles is 1. The van der Waals surface area contributed by atoms with Crippen molar-refractivity contribution in [3.8, 4) is 6.07 Å². The molecule has 0 bridgehead atoms. The summed E-state index contributed by atoms with van der Waals surface area (Å²) in [5, 5.41) is 12.1. The van der Waals surface area contributed by atoms with Gasteiger partial charge in [0.1, 0.15) is 22.4 Å². The van der Waals surface area contributed by atoms with E-state index in [1.54, 1.807) is 26.0 Å². The highest BCUT2D eigenvalue weighted by Crippen LogP contribution is 2.20. The van der Waals surface area contributed by atoms with Crippen LogP contribution >= 0.6 is 11.8 Å². The molecule has 0 saturated carbocycles. The van der Waals surface area contributed by atoms with E-state index in [4.69, 9.17) is 9.68 Å². The Morgan fingerprint density at radius 1 is 1.64 bits per heavy atom. The van der Waals surface area contributed by atoms with Gasteiger partial charge in [0, 0.05) is 5.69 Å². The van der Waals surface area contributed by atoms with E-state index in [1.165, 1.54) is 6.26 Å². The molecule has 0 radical (unpaired) electrons. The highest BCUT2D eigenvalue weighted by Gasteiger charge is 2.15. The van der Waals surface area contributed by atoms with E-state index in [0.717, 1.165) is 11.8 Å². The average molecular weight is 318 g/mol. The number of rotatable bonds is 5. The van der Waals surface area contributed by atoms with Crippen molar-refractivity contribution in [2.45, 2.75) is 24.9 Å². The first kappa shape index (κ1) is 15.9. The van der Waals surface area contributed by atoms with Crippen LogP contribution in [0.25, 0.3) is 0 Å². The van der Waals surface area contributed by atoms with Gasteiger partial charge in [0.05, 0.1) is 18.1 Å². The third kappa shape index (κ3) is 3.77. The molecule has 2 rings (SSSR count). The van der Waals surface area contributed by atoms with E-state index in [0.29, 0.717) is 11.5 Å². The SMILES string of the molecule is Cc1[nH]c(=O)nc(SCC(=O)NC(C)c2ccco2)c1C#N. The van der Waals surface area contributed by atoms with Gasteiger partial charge in [-0.05, 0) is 26.0 Å². The Balaban J connectivity index is 2.00. The molecule has 0 spiro atoms. The Morgan fingerprint density at radius 2 is 2.41 bits per heavy atom. The predicted molar refractivity (Wildman–Crippen MR) is 80.3 cm³/mol. The third-order valence-electron chi connectivity index (χ3n) is 2.89. The number of thioether (sulfide) groups is 1. The lowest BCUT2D eigenvalue weighted by molar-refractivity contribution is -0.119. The van der Waals surface area contributed by atoms with Crippen molar-refractivity contribution in [2.24, 2.45) is 0 Å². The van der Waals surface area contributed by atoms with Crippen LogP contribution < -0.4 is 11.0 Å². The Bertz CT molecular complexity index is 761. The number of aryl methyl sites for hydroxylation is 1. The van der Waals surface area contributed by atoms with Crippen molar-refractivity contribution in [3.63, 3.8) is 0 Å². The summed E-state index contributed by atoms with van der Waals surface area (Å²) >= 11 is 1.05. The van der Waals surface area contributed by atoms with Crippen molar-refractivity contribution in [2.75, 3.05) is 5.75 Å². The maximum atomic E-state index is 11.9. The molecule has 2 N–H and O–H groups in total. The zero-order valence-corrected chi connectivity index (χ0v) is 12.9. The zero-order chi connectivity index (χ0) is 16.1. The van der Waals surface area contributed by atoms with Crippen LogP contribution in [0.4, 0.5) is 0 Å². The molecule has 114 valence electrons. The summed E-state index contributed by atoms with van der Waals surface area (Å²) in [6, 6.07) is 5.24. The topological polar surface area (TPSA) is 112 Å². The van der Waals surface area contributed by atoms with E-state index < -0.39 is 5.69 Å². The molecule has 0 aliphatic rings. The molecule has 8 heteroatoms. The molecule has 1 atom stereocenters. The normalized spacial score (nSPS) is 11.7. The van der Waals surface area contributed by atoms with Crippen LogP contribution in [0.5, 0.6) is 0 Å². The van der Waals surface area contributed by atoms with Crippen LogP contribution in [-0.2, 0) is 4.79 Å². The zero-order valence-electron chi connectivity index (χ0n) is 12.0. The summed E-state index contributed by atoms with van der Waals surface area (Å²) in [6.45, 7) is 3.42. The van der Waals surface area contributed by atoms with E-state index >= 15 is 0 Å². The van der Waals surface area contributed by atoms with Gasteiger partial charge in [-0.25, -0.2) is 4.79 Å². The maximum absolute atomic E-state index is 11.9. The van der Waals surface area contributed by atoms with Gasteiger partial charge >= 0.3 is 5.69 Å². The lowest BCUT2D eigenvalue weighted by atomic mass is 10.2. The smallest absolute Gasteiger partial charge is 0.346 e. The van der Waals surface area contributed by atoms with Crippen LogP contribution in [0.3, 0.4) is 0 Å². The molecule has 2 aromatic heterocycles.